The van der Waals surface area contributed by atoms with Crippen LogP contribution >= 0.6 is 0 Å². The number of carbonyl (C=O) groups is 2. The molecule has 0 radical (unpaired) electrons. The molecule has 0 heterocycles. The third-order valence-corrected chi connectivity index (χ3v) is 4.95. The van der Waals surface area contributed by atoms with E-state index < -0.39 is 0 Å². The van der Waals surface area contributed by atoms with Gasteiger partial charge < -0.3 is 15.4 Å². The lowest BCUT2D eigenvalue weighted by molar-refractivity contribution is -0.125. The van der Waals surface area contributed by atoms with E-state index in [1.165, 1.54) is 0 Å². The number of aryl methyl sites for hydroxylation is 2. The highest BCUT2D eigenvalue weighted by Gasteiger charge is 2.47. The quantitative estimate of drug-likeness (QED) is 0.790. The Morgan fingerprint density at radius 2 is 1.85 bits per heavy atom. The van der Waals surface area contributed by atoms with Gasteiger partial charge in [0.15, 0.2) is 0 Å². The van der Waals surface area contributed by atoms with Gasteiger partial charge in [-0.15, -0.1) is 0 Å². The zero-order valence-corrected chi connectivity index (χ0v) is 16.0. The molecule has 5 nitrogen and oxygen atoms in total. The van der Waals surface area contributed by atoms with Gasteiger partial charge in [-0.05, 0) is 56.0 Å². The number of hydrogen-bond donors (Lipinski definition) is 2. The molecule has 0 spiro atoms. The zero-order chi connectivity index (χ0) is 19.4. The summed E-state index contributed by atoms with van der Waals surface area (Å²) in [7, 11) is 1.64. The molecule has 1 saturated carbocycles. The molecule has 1 aliphatic carbocycles. The molecule has 2 atom stereocenters. The average molecular weight is 366 g/mol. The van der Waals surface area contributed by atoms with Crippen molar-refractivity contribution in [3.63, 3.8) is 0 Å². The van der Waals surface area contributed by atoms with E-state index in [1.54, 1.807) is 7.11 Å². The lowest BCUT2D eigenvalue weighted by Gasteiger charge is -2.09. The normalized spacial score (nSPS) is 17.9. The van der Waals surface area contributed by atoms with Crippen LogP contribution in [0.25, 0.3) is 0 Å². The van der Waals surface area contributed by atoms with E-state index in [0.717, 1.165) is 34.5 Å². The zero-order valence-electron chi connectivity index (χ0n) is 16.0. The third kappa shape index (κ3) is 4.88. The molecule has 5 heteroatoms. The van der Waals surface area contributed by atoms with E-state index in [-0.39, 0.29) is 23.7 Å². The van der Waals surface area contributed by atoms with Gasteiger partial charge in [-0.3, -0.25) is 9.59 Å². The van der Waals surface area contributed by atoms with Crippen LogP contribution in [-0.2, 0) is 16.0 Å². The Morgan fingerprint density at radius 3 is 2.59 bits per heavy atom. The Morgan fingerprint density at radius 1 is 1.07 bits per heavy atom. The highest BCUT2D eigenvalue weighted by atomic mass is 16.5. The van der Waals surface area contributed by atoms with E-state index in [0.29, 0.717) is 13.0 Å². The molecule has 0 saturated heterocycles. The molecule has 2 unspecified atom stereocenters. The van der Waals surface area contributed by atoms with Crippen LogP contribution < -0.4 is 15.4 Å². The summed E-state index contributed by atoms with van der Waals surface area (Å²) in [5.74, 6) is 0.237. The molecule has 142 valence electrons. The van der Waals surface area contributed by atoms with E-state index in [9.17, 15) is 9.59 Å². The van der Waals surface area contributed by atoms with Gasteiger partial charge in [0.1, 0.15) is 5.75 Å². The van der Waals surface area contributed by atoms with E-state index in [1.807, 2.05) is 56.3 Å². The van der Waals surface area contributed by atoms with Crippen LogP contribution in [0.4, 0.5) is 5.69 Å². The van der Waals surface area contributed by atoms with Gasteiger partial charge in [0, 0.05) is 12.2 Å². The maximum Gasteiger partial charge on any atom is 0.228 e. The van der Waals surface area contributed by atoms with Crippen LogP contribution in [0.2, 0.25) is 0 Å². The van der Waals surface area contributed by atoms with Crippen molar-refractivity contribution in [2.75, 3.05) is 19.0 Å². The van der Waals surface area contributed by atoms with Crippen LogP contribution in [0.15, 0.2) is 42.5 Å². The fourth-order valence-electron chi connectivity index (χ4n) is 3.24. The maximum atomic E-state index is 12.4. The summed E-state index contributed by atoms with van der Waals surface area (Å²) in [5.41, 5.74) is 4.11. The molecule has 2 aromatic rings. The fraction of sp³-hybridized carbons (Fsp3) is 0.364. The van der Waals surface area contributed by atoms with Gasteiger partial charge in [-0.25, -0.2) is 0 Å². The number of hydrogen-bond acceptors (Lipinski definition) is 3. The Kier molecular flexibility index (Phi) is 5.79. The molecule has 1 aliphatic rings. The summed E-state index contributed by atoms with van der Waals surface area (Å²) in [6.07, 6.45) is 1.34. The topological polar surface area (TPSA) is 67.4 Å². The summed E-state index contributed by atoms with van der Waals surface area (Å²) in [6, 6.07) is 13.7. The van der Waals surface area contributed by atoms with Gasteiger partial charge in [0.2, 0.25) is 11.8 Å². The minimum absolute atomic E-state index is 0.0429. The Labute approximate surface area is 160 Å². The summed E-state index contributed by atoms with van der Waals surface area (Å²) < 4.78 is 5.20. The SMILES string of the molecule is COc1cccc(CCNC(=O)C2CC2C(=O)Nc2ccc(C)cc2C)c1. The first-order chi connectivity index (χ1) is 13.0. The standard InChI is InChI=1S/C22H26N2O3/c1-14-7-8-20(15(2)11-14)24-22(26)19-13-18(19)21(25)23-10-9-16-5-4-6-17(12-16)27-3/h4-8,11-12,18-19H,9-10,13H2,1-3H3,(H,23,25)(H,24,26). The lowest BCUT2D eigenvalue weighted by Crippen LogP contribution is -2.29. The summed E-state index contributed by atoms with van der Waals surface area (Å²) in [6.45, 7) is 4.54. The predicted octanol–water partition coefficient (Wildman–Crippen LogP) is 3.25. The average Bonchev–Trinajstić information content (AvgIpc) is 3.45. The molecule has 2 amide bonds. The first-order valence-corrected chi connectivity index (χ1v) is 9.26. The molecule has 3 rings (SSSR count). The monoisotopic (exact) mass is 366 g/mol. The highest BCUT2D eigenvalue weighted by Crippen LogP contribution is 2.39. The molecule has 0 bridgehead atoms. The van der Waals surface area contributed by atoms with Gasteiger partial charge in [-0.2, -0.15) is 0 Å². The van der Waals surface area contributed by atoms with Gasteiger partial charge in [0.05, 0.1) is 18.9 Å². The van der Waals surface area contributed by atoms with Gasteiger partial charge in [-0.1, -0.05) is 29.8 Å². The molecule has 2 N–H and O–H groups in total. The Hall–Kier alpha value is -2.82. The molecule has 1 fully saturated rings. The number of benzene rings is 2. The van der Waals surface area contributed by atoms with Crippen molar-refractivity contribution in [1.29, 1.82) is 0 Å². The van der Waals surface area contributed by atoms with E-state index >= 15 is 0 Å². The van der Waals surface area contributed by atoms with Crippen LogP contribution in [0, 0.1) is 25.7 Å². The van der Waals surface area contributed by atoms with Crippen molar-refractivity contribution in [1.82, 2.24) is 5.32 Å². The Bertz CT molecular complexity index is 847. The highest BCUT2D eigenvalue weighted by molar-refractivity contribution is 5.99. The van der Waals surface area contributed by atoms with Crippen LogP contribution in [0.1, 0.15) is 23.1 Å². The maximum absolute atomic E-state index is 12.4. The molecule has 0 aliphatic heterocycles. The molecule has 27 heavy (non-hydrogen) atoms. The number of methoxy groups -OCH3 is 1. The van der Waals surface area contributed by atoms with Crippen LogP contribution in [0.5, 0.6) is 5.75 Å². The van der Waals surface area contributed by atoms with Crippen LogP contribution in [-0.4, -0.2) is 25.5 Å². The van der Waals surface area contributed by atoms with Crippen molar-refractivity contribution in [3.8, 4) is 5.75 Å². The van der Waals surface area contributed by atoms with E-state index in [4.69, 9.17) is 4.74 Å². The third-order valence-electron chi connectivity index (χ3n) is 4.95. The summed E-state index contributed by atoms with van der Waals surface area (Å²) in [4.78, 5) is 24.7. The number of carbonyl (C=O) groups excluding carboxylic acids is 2. The molecular weight excluding hydrogens is 340 g/mol. The summed E-state index contributed by atoms with van der Waals surface area (Å²) >= 11 is 0. The van der Waals surface area contributed by atoms with Gasteiger partial charge >= 0.3 is 0 Å². The minimum Gasteiger partial charge on any atom is -0.497 e. The minimum atomic E-state index is -0.234. The summed E-state index contributed by atoms with van der Waals surface area (Å²) in [5, 5.41) is 5.88. The first kappa shape index (κ1) is 19.0. The van der Waals surface area contributed by atoms with Gasteiger partial charge in [0.25, 0.3) is 0 Å². The largest absolute Gasteiger partial charge is 0.497 e. The van der Waals surface area contributed by atoms with Crippen molar-refractivity contribution in [3.05, 3.63) is 59.2 Å². The van der Waals surface area contributed by atoms with Crippen molar-refractivity contribution in [2.24, 2.45) is 11.8 Å². The molecule has 0 aromatic heterocycles. The second kappa shape index (κ2) is 8.25. The number of nitrogens with one attached hydrogen (secondary N) is 2. The number of ether oxygens (including phenoxy) is 1. The number of rotatable bonds is 7. The lowest BCUT2D eigenvalue weighted by atomic mass is 10.1. The second-order valence-electron chi connectivity index (χ2n) is 7.15. The predicted molar refractivity (Wildman–Crippen MR) is 106 cm³/mol. The molecule has 2 aromatic carbocycles. The number of anilines is 1. The van der Waals surface area contributed by atoms with Crippen molar-refractivity contribution >= 4 is 17.5 Å². The second-order valence-corrected chi connectivity index (χ2v) is 7.15. The molecular formula is C22H26N2O3. The van der Waals surface area contributed by atoms with Crippen LogP contribution in [0.3, 0.4) is 0 Å². The van der Waals surface area contributed by atoms with Crippen molar-refractivity contribution < 1.29 is 14.3 Å². The Balaban J connectivity index is 1.45. The fourth-order valence-corrected chi connectivity index (χ4v) is 3.24. The smallest absolute Gasteiger partial charge is 0.228 e. The van der Waals surface area contributed by atoms with Crippen molar-refractivity contribution in [2.45, 2.75) is 26.7 Å². The number of amides is 2. The first-order valence-electron chi connectivity index (χ1n) is 9.26. The van der Waals surface area contributed by atoms with E-state index in [2.05, 4.69) is 10.6 Å².